The Bertz CT molecular complexity index is 3080. The lowest BCUT2D eigenvalue weighted by Crippen LogP contribution is -2.20. The van der Waals surface area contributed by atoms with Gasteiger partial charge in [0.25, 0.3) is 0 Å². The molecule has 5 heteroatoms. The fourth-order valence-corrected chi connectivity index (χ4v) is 8.01. The number of para-hydroxylation sites is 2. The first-order chi connectivity index (χ1) is 25.2. The van der Waals surface area contributed by atoms with Crippen molar-refractivity contribution < 1.29 is 13.2 Å². The van der Waals surface area contributed by atoms with Crippen LogP contribution in [0, 0.1) is 5.82 Å². The summed E-state index contributed by atoms with van der Waals surface area (Å²) in [5, 5.41) is 12.9. The first-order valence-corrected chi connectivity index (χ1v) is 17.1. The van der Waals surface area contributed by atoms with Gasteiger partial charge in [-0.1, -0.05) is 121 Å². The second-order valence-electron chi connectivity index (χ2n) is 13.2. The highest BCUT2D eigenvalue weighted by atomic mass is 19.1. The molecule has 51 heavy (non-hydrogen) atoms. The number of rotatable bonds is 3. The number of fused-ring (bicyclic) bond motifs is 12. The van der Waals surface area contributed by atoms with Crippen molar-refractivity contribution in [2.45, 2.75) is 6.17 Å². The Hall–Kier alpha value is -6.72. The SMILES string of the molecule is Fc1cc2c3ccccc3c3ccccc3c2cc1C1N=C(c2ccccc2)c2oc3ccc(-c4cccc5c4oc4ccccc45)cc3c2N1. The van der Waals surface area contributed by atoms with Crippen molar-refractivity contribution in [2.75, 3.05) is 5.32 Å². The quantitative estimate of drug-likeness (QED) is 0.192. The lowest BCUT2D eigenvalue weighted by molar-refractivity contribution is 0.585. The average molecular weight is 659 g/mol. The Morgan fingerprint density at radius 2 is 1.12 bits per heavy atom. The van der Waals surface area contributed by atoms with Crippen molar-refractivity contribution in [3.8, 4) is 11.1 Å². The fourth-order valence-electron chi connectivity index (χ4n) is 8.01. The third-order valence-corrected chi connectivity index (χ3v) is 10.4. The summed E-state index contributed by atoms with van der Waals surface area (Å²) in [7, 11) is 0. The highest BCUT2D eigenvalue weighted by Gasteiger charge is 2.30. The van der Waals surface area contributed by atoms with E-state index in [9.17, 15) is 0 Å². The van der Waals surface area contributed by atoms with Gasteiger partial charge in [0.2, 0.25) is 0 Å². The van der Waals surface area contributed by atoms with Crippen LogP contribution >= 0.6 is 0 Å². The van der Waals surface area contributed by atoms with E-state index in [0.29, 0.717) is 22.6 Å². The minimum atomic E-state index is -0.703. The highest BCUT2D eigenvalue weighted by Crippen LogP contribution is 2.44. The zero-order valence-corrected chi connectivity index (χ0v) is 27.2. The Morgan fingerprint density at radius 1 is 0.490 bits per heavy atom. The molecule has 1 aliphatic rings. The summed E-state index contributed by atoms with van der Waals surface area (Å²) < 4.78 is 29.5. The van der Waals surface area contributed by atoms with Gasteiger partial charge in [-0.05, 0) is 68.2 Å². The van der Waals surface area contributed by atoms with E-state index in [1.807, 2.05) is 78.9 Å². The van der Waals surface area contributed by atoms with E-state index >= 15 is 4.39 Å². The summed E-state index contributed by atoms with van der Waals surface area (Å²) in [4.78, 5) is 5.17. The number of hydrogen-bond donors (Lipinski definition) is 1. The van der Waals surface area contributed by atoms with Crippen LogP contribution in [0.1, 0.15) is 23.1 Å². The molecule has 0 radical (unpaired) electrons. The number of halogens is 1. The molecule has 8 aromatic carbocycles. The lowest BCUT2D eigenvalue weighted by Gasteiger charge is -2.24. The third-order valence-electron chi connectivity index (χ3n) is 10.4. The average Bonchev–Trinajstić information content (AvgIpc) is 3.76. The number of aliphatic imine (C=N–C) groups is 1. The van der Waals surface area contributed by atoms with E-state index in [1.54, 1.807) is 6.07 Å². The van der Waals surface area contributed by atoms with Crippen LogP contribution in [-0.2, 0) is 0 Å². The van der Waals surface area contributed by atoms with E-state index < -0.39 is 6.17 Å². The van der Waals surface area contributed by atoms with Crippen LogP contribution in [0.3, 0.4) is 0 Å². The van der Waals surface area contributed by atoms with Crippen LogP contribution in [0.15, 0.2) is 165 Å². The van der Waals surface area contributed by atoms with E-state index in [4.69, 9.17) is 13.8 Å². The van der Waals surface area contributed by atoms with Crippen molar-refractivity contribution in [1.82, 2.24) is 0 Å². The maximum atomic E-state index is 16.6. The van der Waals surface area contributed by atoms with E-state index in [-0.39, 0.29) is 5.82 Å². The van der Waals surface area contributed by atoms with Gasteiger partial charge >= 0.3 is 0 Å². The molecule has 0 saturated heterocycles. The minimum absolute atomic E-state index is 0.315. The molecule has 1 N–H and O–H groups in total. The molecule has 4 nitrogen and oxygen atoms in total. The molecule has 0 bridgehead atoms. The van der Waals surface area contributed by atoms with Crippen LogP contribution in [0.25, 0.3) is 76.4 Å². The molecule has 240 valence electrons. The van der Waals surface area contributed by atoms with E-state index in [2.05, 4.69) is 72.0 Å². The Labute approximate surface area is 291 Å². The fraction of sp³-hybridized carbons (Fsp3) is 0.0217. The van der Waals surface area contributed by atoms with Gasteiger partial charge in [0.05, 0.1) is 5.69 Å². The summed E-state index contributed by atoms with van der Waals surface area (Å²) in [5.41, 5.74) is 7.22. The molecule has 0 amide bonds. The second-order valence-corrected chi connectivity index (χ2v) is 13.2. The maximum Gasteiger partial charge on any atom is 0.177 e. The molecular weight excluding hydrogens is 632 g/mol. The zero-order chi connectivity index (χ0) is 33.6. The molecule has 0 aliphatic carbocycles. The minimum Gasteiger partial charge on any atom is -0.455 e. The topological polar surface area (TPSA) is 50.7 Å². The van der Waals surface area contributed by atoms with Crippen molar-refractivity contribution in [1.29, 1.82) is 0 Å². The highest BCUT2D eigenvalue weighted by molar-refractivity contribution is 6.25. The summed E-state index contributed by atoms with van der Waals surface area (Å²) in [6.45, 7) is 0. The van der Waals surface area contributed by atoms with Crippen LogP contribution in [0.2, 0.25) is 0 Å². The summed E-state index contributed by atoms with van der Waals surface area (Å²) in [5.74, 6) is 0.314. The number of nitrogens with one attached hydrogen (secondary N) is 1. The monoisotopic (exact) mass is 658 g/mol. The van der Waals surface area contributed by atoms with E-state index in [0.717, 1.165) is 82.0 Å². The number of furan rings is 2. The Balaban J connectivity index is 1.12. The standard InChI is InChI=1S/C46H27FN2O2/c47-39-25-36-32-16-7-5-14-30(32)29-13-4-6-15-31(29)35(36)24-37(39)46-48-42(26-11-2-1-3-12-26)45-43(49-46)38-23-27(21-22-41(38)51-45)28-18-10-19-34-33-17-8-9-20-40(33)50-44(28)34/h1-25,46,49H. The van der Waals surface area contributed by atoms with Crippen molar-refractivity contribution >= 4 is 76.6 Å². The Kier molecular flexibility index (Phi) is 5.87. The Morgan fingerprint density at radius 3 is 1.88 bits per heavy atom. The van der Waals surface area contributed by atoms with Crippen LogP contribution in [0.5, 0.6) is 0 Å². The third kappa shape index (κ3) is 4.15. The van der Waals surface area contributed by atoms with Gasteiger partial charge in [-0.15, -0.1) is 0 Å². The molecule has 1 atom stereocenters. The predicted molar refractivity (Wildman–Crippen MR) is 206 cm³/mol. The molecule has 0 spiro atoms. The van der Waals surface area contributed by atoms with Gasteiger partial charge in [-0.25, -0.2) is 4.39 Å². The van der Waals surface area contributed by atoms with Crippen molar-refractivity contribution in [2.24, 2.45) is 4.99 Å². The van der Waals surface area contributed by atoms with Crippen LogP contribution in [0.4, 0.5) is 10.1 Å². The summed E-state index contributed by atoms with van der Waals surface area (Å²) >= 11 is 0. The molecule has 10 aromatic rings. The van der Waals surface area contributed by atoms with Gasteiger partial charge in [-0.2, -0.15) is 0 Å². The molecule has 1 unspecified atom stereocenters. The van der Waals surface area contributed by atoms with Gasteiger partial charge < -0.3 is 14.2 Å². The first kappa shape index (κ1) is 28.2. The van der Waals surface area contributed by atoms with Crippen LogP contribution < -0.4 is 5.32 Å². The predicted octanol–water partition coefficient (Wildman–Crippen LogP) is 12.6. The van der Waals surface area contributed by atoms with Gasteiger partial charge in [0.1, 0.15) is 34.4 Å². The maximum absolute atomic E-state index is 16.6. The van der Waals surface area contributed by atoms with Crippen LogP contribution in [-0.4, -0.2) is 5.71 Å². The number of benzene rings is 8. The smallest absolute Gasteiger partial charge is 0.177 e. The number of nitrogens with zero attached hydrogens (tertiary/aromatic N) is 1. The number of hydrogen-bond acceptors (Lipinski definition) is 4. The van der Waals surface area contributed by atoms with Gasteiger partial charge in [-0.3, -0.25) is 4.99 Å². The zero-order valence-electron chi connectivity index (χ0n) is 27.2. The molecule has 3 heterocycles. The first-order valence-electron chi connectivity index (χ1n) is 17.1. The van der Waals surface area contributed by atoms with Gasteiger partial charge in [0, 0.05) is 32.8 Å². The van der Waals surface area contributed by atoms with Crippen molar-refractivity contribution in [3.05, 3.63) is 174 Å². The molecule has 1 aliphatic heterocycles. The molecule has 0 saturated carbocycles. The summed E-state index contributed by atoms with van der Waals surface area (Å²) in [6.07, 6.45) is -0.703. The lowest BCUT2D eigenvalue weighted by atomic mass is 9.92. The second kappa shape index (κ2) is 10.6. The largest absolute Gasteiger partial charge is 0.455 e. The van der Waals surface area contributed by atoms with Crippen molar-refractivity contribution in [3.63, 3.8) is 0 Å². The molecule has 2 aromatic heterocycles. The normalized spacial score (nSPS) is 14.5. The molecular formula is C46H27FN2O2. The van der Waals surface area contributed by atoms with Gasteiger partial charge in [0.15, 0.2) is 5.76 Å². The molecule has 11 rings (SSSR count). The number of anilines is 1. The molecule has 0 fully saturated rings. The van der Waals surface area contributed by atoms with E-state index in [1.165, 1.54) is 0 Å². The summed E-state index contributed by atoms with van der Waals surface area (Å²) in [6, 6.07) is 50.8.